The Labute approximate surface area is 285 Å². The molecule has 5 rings (SSSR count). The predicted octanol–water partition coefficient (Wildman–Crippen LogP) is 6.23. The second-order valence-corrected chi connectivity index (χ2v) is 10.7. The van der Waals surface area contributed by atoms with Crippen LogP contribution in [0, 0.1) is 128 Å². The Hall–Kier alpha value is -5.82. The zero-order chi connectivity index (χ0) is 41.0. The molecule has 0 atom stereocenters. The first-order valence-corrected chi connectivity index (χ1v) is 13.6. The SMILES string of the molecule is C[n+]1ccc(C#N)cc1.Fc1c(F)c(F)c([B-](c2c(F)c(F)c(F)c(F)c2F)(c2c(F)c(F)c(F)c(F)c2F)c2c(F)c(F)c(F)c(F)c2F)c(F)c1F. The molecule has 54 heavy (non-hydrogen) atoms. The van der Waals surface area contributed by atoms with Gasteiger partial charge in [-0.25, -0.2) is 92.4 Å². The second-order valence-electron chi connectivity index (χ2n) is 10.7. The number of benzene rings is 4. The lowest BCUT2D eigenvalue weighted by atomic mass is 9.12. The number of rotatable bonds is 4. The third kappa shape index (κ3) is 5.92. The van der Waals surface area contributed by atoms with Gasteiger partial charge in [-0.15, -0.1) is 21.9 Å². The number of aryl methyl sites for hydroxylation is 1. The van der Waals surface area contributed by atoms with E-state index in [1.165, 1.54) is 0 Å². The third-order valence-electron chi connectivity index (χ3n) is 7.81. The maximum Gasteiger partial charge on any atom is 0.200 e. The molecule has 0 radical (unpaired) electrons. The number of aromatic nitrogens is 1. The lowest BCUT2D eigenvalue weighted by Gasteiger charge is -2.44. The third-order valence-corrected chi connectivity index (χ3v) is 7.81. The number of hydrogen-bond donors (Lipinski definition) is 0. The van der Waals surface area contributed by atoms with Crippen molar-refractivity contribution in [2.24, 2.45) is 7.05 Å². The summed E-state index contributed by atoms with van der Waals surface area (Å²) >= 11 is 0. The van der Waals surface area contributed by atoms with E-state index in [2.05, 4.69) is 0 Å². The van der Waals surface area contributed by atoms with Crippen LogP contribution in [0.1, 0.15) is 5.56 Å². The first-order chi connectivity index (χ1) is 25.0. The fourth-order valence-electron chi connectivity index (χ4n) is 5.45. The first-order valence-electron chi connectivity index (χ1n) is 13.6. The summed E-state index contributed by atoms with van der Waals surface area (Å²) in [4.78, 5) is 0. The largest absolute Gasteiger partial charge is 0.208 e. The average molecular weight is 798 g/mol. The van der Waals surface area contributed by atoms with Crippen molar-refractivity contribution >= 4 is 28.0 Å². The molecular formula is C31H7BF20N2. The lowest BCUT2D eigenvalue weighted by molar-refractivity contribution is -0.671. The average Bonchev–Trinajstić information content (AvgIpc) is 3.15. The molecule has 284 valence electrons. The number of nitriles is 1. The summed E-state index contributed by atoms with van der Waals surface area (Å²) in [6.07, 6.45) is -3.53. The van der Waals surface area contributed by atoms with Crippen LogP contribution in [0.3, 0.4) is 0 Å². The molecule has 0 spiro atoms. The summed E-state index contributed by atoms with van der Waals surface area (Å²) in [6.45, 7) is 0. The van der Waals surface area contributed by atoms with Gasteiger partial charge in [-0.05, 0) is 0 Å². The zero-order valence-electron chi connectivity index (χ0n) is 25.3. The van der Waals surface area contributed by atoms with Gasteiger partial charge in [0, 0.05) is 12.1 Å². The molecule has 0 bridgehead atoms. The maximum atomic E-state index is 15.4. The fraction of sp³-hybridized carbons (Fsp3) is 0.0323. The van der Waals surface area contributed by atoms with Gasteiger partial charge in [0.25, 0.3) is 0 Å². The molecule has 5 aromatic rings. The molecule has 0 aliphatic rings. The molecule has 0 N–H and O–H groups in total. The van der Waals surface area contributed by atoms with Crippen molar-refractivity contribution < 1.29 is 92.4 Å². The fourth-order valence-corrected chi connectivity index (χ4v) is 5.45. The van der Waals surface area contributed by atoms with Crippen LogP contribution in [0.2, 0.25) is 0 Å². The smallest absolute Gasteiger partial charge is 0.200 e. The Balaban J connectivity index is 0.000000631. The van der Waals surface area contributed by atoms with E-state index in [9.17, 15) is 52.7 Å². The minimum absolute atomic E-state index is 0.702. The Bertz CT molecular complexity index is 2030. The minimum Gasteiger partial charge on any atom is -0.208 e. The van der Waals surface area contributed by atoms with Crippen LogP contribution in [0.25, 0.3) is 0 Å². The van der Waals surface area contributed by atoms with E-state index in [0.29, 0.717) is 5.56 Å². The number of halogens is 20. The van der Waals surface area contributed by atoms with Gasteiger partial charge >= 0.3 is 0 Å². The summed E-state index contributed by atoms with van der Waals surface area (Å²) in [5, 5.41) is 8.37. The van der Waals surface area contributed by atoms with Gasteiger partial charge in [0.15, 0.2) is 82.2 Å². The Morgan fingerprint density at radius 2 is 0.519 bits per heavy atom. The summed E-state index contributed by atoms with van der Waals surface area (Å²) in [7, 11) is 1.92. The van der Waals surface area contributed by atoms with Crippen molar-refractivity contribution in [1.82, 2.24) is 0 Å². The van der Waals surface area contributed by atoms with Crippen molar-refractivity contribution in [1.29, 1.82) is 5.26 Å². The first kappa shape index (κ1) is 40.9. The van der Waals surface area contributed by atoms with Crippen molar-refractivity contribution in [2.75, 3.05) is 0 Å². The van der Waals surface area contributed by atoms with E-state index < -0.39 is 144 Å². The Morgan fingerprint density at radius 1 is 0.352 bits per heavy atom. The number of pyridine rings is 1. The topological polar surface area (TPSA) is 27.7 Å². The van der Waals surface area contributed by atoms with Crippen LogP contribution in [-0.2, 0) is 7.05 Å². The molecular weight excluding hydrogens is 791 g/mol. The van der Waals surface area contributed by atoms with E-state index in [-0.39, 0.29) is 0 Å². The molecule has 0 aliphatic carbocycles. The quantitative estimate of drug-likeness (QED) is 0.0698. The van der Waals surface area contributed by atoms with Crippen LogP contribution in [-0.4, -0.2) is 6.15 Å². The highest BCUT2D eigenvalue weighted by Crippen LogP contribution is 2.30. The van der Waals surface area contributed by atoms with Crippen molar-refractivity contribution in [2.45, 2.75) is 0 Å². The molecule has 1 aromatic heterocycles. The normalized spacial score (nSPS) is 11.4. The number of nitrogens with zero attached hydrogens (tertiary/aromatic N) is 2. The van der Waals surface area contributed by atoms with Crippen LogP contribution in [0.15, 0.2) is 24.5 Å². The second kappa shape index (κ2) is 14.5. The summed E-state index contributed by atoms with van der Waals surface area (Å²) in [6, 6.07) is 5.60. The van der Waals surface area contributed by atoms with E-state index in [4.69, 9.17) is 5.26 Å². The van der Waals surface area contributed by atoms with Crippen LogP contribution in [0.5, 0.6) is 0 Å². The van der Waals surface area contributed by atoms with Crippen LogP contribution in [0.4, 0.5) is 87.8 Å². The molecule has 0 fully saturated rings. The van der Waals surface area contributed by atoms with Gasteiger partial charge in [-0.3, -0.25) is 0 Å². The summed E-state index contributed by atoms with van der Waals surface area (Å²) in [5.41, 5.74) is -13.6. The molecule has 0 unspecified atom stereocenters. The Morgan fingerprint density at radius 3 is 0.685 bits per heavy atom. The molecule has 1 heterocycles. The molecule has 2 nitrogen and oxygen atoms in total. The van der Waals surface area contributed by atoms with Gasteiger partial charge in [-0.2, -0.15) is 5.26 Å². The van der Waals surface area contributed by atoms with E-state index >= 15 is 35.1 Å². The minimum atomic E-state index is -7.22. The molecule has 23 heteroatoms. The van der Waals surface area contributed by atoms with Crippen LogP contribution >= 0.6 is 0 Å². The molecule has 4 aromatic carbocycles. The van der Waals surface area contributed by atoms with Crippen molar-refractivity contribution in [3.05, 3.63) is 146 Å². The number of hydrogen-bond acceptors (Lipinski definition) is 1. The van der Waals surface area contributed by atoms with Gasteiger partial charge in [0.05, 0.1) is 11.6 Å². The lowest BCUT2D eigenvalue weighted by Crippen LogP contribution is -2.81. The maximum absolute atomic E-state index is 15.4. The highest BCUT2D eigenvalue weighted by molar-refractivity contribution is 7.20. The monoisotopic (exact) mass is 798 g/mol. The molecule has 0 amide bonds. The standard InChI is InChI=1S/C24BF20.C7H7N2/c26-5-1(6(27)14(35)21(42)13(5)34)25(2-7(28)15(36)22(43)16(37)8(2)29,3-9(30)17(38)23(44)18(39)10(3)31)4-11(32)19(40)24(45)20(41)12(4)33;1-9-4-2-7(6-8)3-5-9/h;2-5H,1H3/q-1;+1. The highest BCUT2D eigenvalue weighted by atomic mass is 19.2. The zero-order valence-corrected chi connectivity index (χ0v) is 25.3. The van der Waals surface area contributed by atoms with Gasteiger partial charge in [-0.1, -0.05) is 0 Å². The van der Waals surface area contributed by atoms with E-state index in [0.717, 1.165) is 0 Å². The van der Waals surface area contributed by atoms with Gasteiger partial charge in [0.1, 0.15) is 59.7 Å². The summed E-state index contributed by atoms with van der Waals surface area (Å²) in [5.74, 6) is -71.4. The molecule has 0 saturated heterocycles. The van der Waals surface area contributed by atoms with E-state index in [1.54, 1.807) is 12.1 Å². The predicted molar refractivity (Wildman–Crippen MR) is 142 cm³/mol. The Kier molecular flexibility index (Phi) is 11.0. The van der Waals surface area contributed by atoms with Crippen molar-refractivity contribution in [3.63, 3.8) is 0 Å². The van der Waals surface area contributed by atoms with E-state index in [1.807, 2.05) is 30.1 Å². The molecule has 0 saturated carbocycles. The van der Waals surface area contributed by atoms with Crippen LogP contribution < -0.4 is 26.4 Å². The van der Waals surface area contributed by atoms with Crippen molar-refractivity contribution in [3.8, 4) is 6.07 Å². The highest BCUT2D eigenvalue weighted by Gasteiger charge is 2.52. The van der Waals surface area contributed by atoms with Gasteiger partial charge in [0.2, 0.25) is 0 Å². The molecule has 0 aliphatic heterocycles. The summed E-state index contributed by atoms with van der Waals surface area (Å²) < 4.78 is 296. The van der Waals surface area contributed by atoms with Gasteiger partial charge < -0.3 is 0 Å².